The van der Waals surface area contributed by atoms with Crippen molar-refractivity contribution in [3.05, 3.63) is 88.2 Å². The van der Waals surface area contributed by atoms with Crippen molar-refractivity contribution in [2.45, 2.75) is 19.1 Å². The summed E-state index contributed by atoms with van der Waals surface area (Å²) in [5.41, 5.74) is 5.33. The molecule has 160 valence electrons. The summed E-state index contributed by atoms with van der Waals surface area (Å²) in [6.07, 6.45) is 0. The number of aromatic nitrogens is 4. The molecule has 8 heteroatoms. The monoisotopic (exact) mass is 461 g/mol. The second-order valence-corrected chi connectivity index (χ2v) is 9.16. The van der Waals surface area contributed by atoms with Crippen LogP contribution in [-0.2, 0) is 4.79 Å². The molecule has 1 aliphatic rings. The van der Waals surface area contributed by atoms with Crippen LogP contribution in [0.5, 0.6) is 0 Å². The van der Waals surface area contributed by atoms with Crippen molar-refractivity contribution in [3.63, 3.8) is 0 Å². The molecule has 1 aliphatic heterocycles. The topological polar surface area (TPSA) is 72.7 Å². The predicted octanol–water partition coefficient (Wildman–Crippen LogP) is 5.37. The number of benzene rings is 2. The van der Waals surface area contributed by atoms with Gasteiger partial charge in [-0.2, -0.15) is 9.78 Å². The number of halogens is 1. The number of amides is 1. The molecule has 0 unspecified atom stereocenters. The summed E-state index contributed by atoms with van der Waals surface area (Å²) < 4.78 is 1.65. The summed E-state index contributed by atoms with van der Waals surface area (Å²) in [6, 6.07) is 19.6. The van der Waals surface area contributed by atoms with Crippen molar-refractivity contribution in [1.29, 1.82) is 0 Å². The van der Waals surface area contributed by atoms with Crippen molar-refractivity contribution in [2.24, 2.45) is 0 Å². The molecule has 6 nitrogen and oxygen atoms in total. The predicted molar refractivity (Wildman–Crippen MR) is 128 cm³/mol. The summed E-state index contributed by atoms with van der Waals surface area (Å²) in [7, 11) is 0. The first-order valence-electron chi connectivity index (χ1n) is 10.2. The Bertz CT molecular complexity index is 1300. The SMILES string of the molecule is Cc1cc(C)nc(-n2nc(-c3ccccc3)c3c2NC(=O)CS[C@H]3c2cccc(Cl)c2)n1. The van der Waals surface area contributed by atoms with E-state index < -0.39 is 0 Å². The van der Waals surface area contributed by atoms with Crippen LogP contribution in [0.15, 0.2) is 60.7 Å². The van der Waals surface area contributed by atoms with Crippen molar-refractivity contribution < 1.29 is 4.79 Å². The minimum Gasteiger partial charge on any atom is -0.309 e. The molecule has 0 bridgehead atoms. The maximum Gasteiger partial charge on any atom is 0.252 e. The molecule has 3 heterocycles. The second kappa shape index (κ2) is 8.41. The van der Waals surface area contributed by atoms with E-state index in [9.17, 15) is 4.79 Å². The van der Waals surface area contributed by atoms with E-state index in [2.05, 4.69) is 15.3 Å². The van der Waals surface area contributed by atoms with Crippen LogP contribution in [0, 0.1) is 13.8 Å². The molecule has 5 rings (SSSR count). The van der Waals surface area contributed by atoms with Gasteiger partial charge in [0.1, 0.15) is 5.82 Å². The number of aryl methyl sites for hydroxylation is 2. The summed E-state index contributed by atoms with van der Waals surface area (Å²) >= 11 is 7.88. The van der Waals surface area contributed by atoms with E-state index in [4.69, 9.17) is 16.7 Å². The fourth-order valence-corrected chi connectivity index (χ4v) is 5.22. The maximum atomic E-state index is 12.7. The largest absolute Gasteiger partial charge is 0.309 e. The molecule has 0 fully saturated rings. The van der Waals surface area contributed by atoms with Crippen LogP contribution in [-0.4, -0.2) is 31.4 Å². The molecule has 0 saturated carbocycles. The number of hydrogen-bond acceptors (Lipinski definition) is 5. The number of nitrogens with one attached hydrogen (secondary N) is 1. The van der Waals surface area contributed by atoms with Gasteiger partial charge in [0.15, 0.2) is 0 Å². The highest BCUT2D eigenvalue weighted by Crippen LogP contribution is 2.46. The van der Waals surface area contributed by atoms with Gasteiger partial charge >= 0.3 is 0 Å². The van der Waals surface area contributed by atoms with Crippen LogP contribution in [0.1, 0.15) is 27.8 Å². The Kier molecular flexibility index (Phi) is 5.45. The number of thioether (sulfide) groups is 1. The molecule has 1 N–H and O–H groups in total. The zero-order valence-electron chi connectivity index (χ0n) is 17.5. The third-order valence-corrected chi connectivity index (χ3v) is 6.69. The van der Waals surface area contributed by atoms with Gasteiger partial charge in [-0.05, 0) is 37.6 Å². The summed E-state index contributed by atoms with van der Waals surface area (Å²) in [5, 5.41) is 8.49. The molecule has 1 atom stereocenters. The third kappa shape index (κ3) is 3.89. The average molecular weight is 462 g/mol. The minimum atomic E-state index is -0.141. The number of anilines is 1. The van der Waals surface area contributed by atoms with E-state index in [1.54, 1.807) is 16.4 Å². The lowest BCUT2D eigenvalue weighted by molar-refractivity contribution is -0.113. The standard InChI is InChI=1S/C24H20ClN5OS/c1-14-11-15(2)27-24(26-14)30-23-20(21(29-30)16-7-4-3-5-8-16)22(32-13-19(31)28-23)17-9-6-10-18(25)12-17/h3-12,22H,13H2,1-2H3,(H,28,31)/t22-/m0/s1. The lowest BCUT2D eigenvalue weighted by atomic mass is 10.00. The molecule has 0 saturated heterocycles. The zero-order chi connectivity index (χ0) is 22.2. The highest BCUT2D eigenvalue weighted by atomic mass is 35.5. The molecule has 1 amide bonds. The number of hydrogen-bond donors (Lipinski definition) is 1. The first kappa shape index (κ1) is 20.7. The Labute approximate surface area is 195 Å². The number of rotatable bonds is 3. The van der Waals surface area contributed by atoms with Crippen molar-refractivity contribution >= 4 is 35.1 Å². The molecule has 32 heavy (non-hydrogen) atoms. The van der Waals surface area contributed by atoms with Gasteiger partial charge in [0.2, 0.25) is 5.91 Å². The Morgan fingerprint density at radius 2 is 1.78 bits per heavy atom. The summed E-state index contributed by atoms with van der Waals surface area (Å²) in [5.74, 6) is 1.24. The Morgan fingerprint density at radius 1 is 1.03 bits per heavy atom. The van der Waals surface area contributed by atoms with Gasteiger partial charge in [-0.25, -0.2) is 9.97 Å². The van der Waals surface area contributed by atoms with Crippen LogP contribution in [0.4, 0.5) is 5.82 Å². The minimum absolute atomic E-state index is 0.0917. The van der Waals surface area contributed by atoms with E-state index in [0.29, 0.717) is 22.5 Å². The quantitative estimate of drug-likeness (QED) is 0.443. The molecule has 2 aromatic carbocycles. The van der Waals surface area contributed by atoms with Gasteiger partial charge < -0.3 is 5.32 Å². The maximum absolute atomic E-state index is 12.7. The number of fused-ring (bicyclic) bond motifs is 1. The molecule has 0 spiro atoms. The van der Waals surface area contributed by atoms with Crippen molar-refractivity contribution in [2.75, 3.05) is 11.1 Å². The van der Waals surface area contributed by atoms with Crippen LogP contribution in [0.3, 0.4) is 0 Å². The Hall–Kier alpha value is -3.16. The molecule has 0 aliphatic carbocycles. The Balaban J connectivity index is 1.81. The van der Waals surface area contributed by atoms with Crippen LogP contribution in [0.2, 0.25) is 5.02 Å². The molecular formula is C24H20ClN5OS. The van der Waals surface area contributed by atoms with Crippen LogP contribution >= 0.6 is 23.4 Å². The van der Waals surface area contributed by atoms with Gasteiger partial charge in [-0.15, -0.1) is 11.8 Å². The molecule has 0 radical (unpaired) electrons. The molecular weight excluding hydrogens is 442 g/mol. The highest BCUT2D eigenvalue weighted by Gasteiger charge is 2.33. The van der Waals surface area contributed by atoms with Gasteiger partial charge in [-0.1, -0.05) is 54.1 Å². The van der Waals surface area contributed by atoms with Gasteiger partial charge in [0.05, 0.1) is 16.7 Å². The molecule has 2 aromatic heterocycles. The highest BCUT2D eigenvalue weighted by molar-refractivity contribution is 8.00. The van der Waals surface area contributed by atoms with Crippen molar-refractivity contribution in [3.8, 4) is 17.2 Å². The zero-order valence-corrected chi connectivity index (χ0v) is 19.1. The van der Waals surface area contributed by atoms with Crippen LogP contribution in [0.25, 0.3) is 17.2 Å². The fourth-order valence-electron chi connectivity index (χ4n) is 3.90. The number of carbonyl (C=O) groups is 1. The van der Waals surface area contributed by atoms with Crippen molar-refractivity contribution in [1.82, 2.24) is 19.7 Å². The van der Waals surface area contributed by atoms with E-state index >= 15 is 0 Å². The summed E-state index contributed by atoms with van der Waals surface area (Å²) in [6.45, 7) is 3.84. The first-order chi connectivity index (χ1) is 15.5. The second-order valence-electron chi connectivity index (χ2n) is 7.63. The lowest BCUT2D eigenvalue weighted by Crippen LogP contribution is -2.17. The summed E-state index contributed by atoms with van der Waals surface area (Å²) in [4.78, 5) is 21.9. The number of carbonyl (C=O) groups excluding carboxylic acids is 1. The lowest BCUT2D eigenvalue weighted by Gasteiger charge is -2.16. The van der Waals surface area contributed by atoms with E-state index in [1.807, 2.05) is 74.5 Å². The van der Waals surface area contributed by atoms with Crippen LogP contribution < -0.4 is 5.32 Å². The van der Waals surface area contributed by atoms with Gasteiger partial charge in [0.25, 0.3) is 5.95 Å². The third-order valence-electron chi connectivity index (χ3n) is 5.18. The van der Waals surface area contributed by atoms with E-state index in [1.165, 1.54) is 0 Å². The average Bonchev–Trinajstić information content (AvgIpc) is 3.04. The number of nitrogens with zero attached hydrogens (tertiary/aromatic N) is 4. The van der Waals surface area contributed by atoms with Gasteiger partial charge in [-0.3, -0.25) is 4.79 Å². The van der Waals surface area contributed by atoms with Gasteiger partial charge in [0, 0.05) is 27.5 Å². The normalized spacial score (nSPS) is 15.7. The fraction of sp³-hybridized carbons (Fsp3) is 0.167. The first-order valence-corrected chi connectivity index (χ1v) is 11.6. The van der Waals surface area contributed by atoms with E-state index in [0.717, 1.165) is 33.8 Å². The Morgan fingerprint density at radius 3 is 2.50 bits per heavy atom. The smallest absolute Gasteiger partial charge is 0.252 e. The van der Waals surface area contributed by atoms with E-state index in [-0.39, 0.29) is 11.2 Å². The molecule has 4 aromatic rings.